The molecule has 0 aliphatic rings. The van der Waals surface area contributed by atoms with Crippen molar-refractivity contribution in [2.24, 2.45) is 0 Å². The smallest absolute Gasteiger partial charge is 0.264 e. The Hall–Kier alpha value is -1.60. The van der Waals surface area contributed by atoms with E-state index < -0.39 is 15.8 Å². The number of nitrogens with two attached hydrogens (primary N) is 1. The third-order valence-corrected chi connectivity index (χ3v) is 4.49. The van der Waals surface area contributed by atoms with E-state index in [0.717, 1.165) is 6.07 Å². The molecule has 0 aromatic heterocycles. The average Bonchev–Trinajstić information content (AvgIpc) is 2.34. The number of sulfonamides is 1. The van der Waals surface area contributed by atoms with Gasteiger partial charge in [0.2, 0.25) is 0 Å². The van der Waals surface area contributed by atoms with E-state index in [0.29, 0.717) is 4.47 Å². The topological polar surface area (TPSA) is 72.2 Å². The van der Waals surface area contributed by atoms with Crippen LogP contribution in [0.1, 0.15) is 0 Å². The molecule has 0 amide bonds. The minimum Gasteiger partial charge on any atom is -0.398 e. The van der Waals surface area contributed by atoms with Gasteiger partial charge in [0.25, 0.3) is 10.0 Å². The molecule has 0 fully saturated rings. The van der Waals surface area contributed by atoms with Crippen molar-refractivity contribution >= 4 is 37.3 Å². The normalized spacial score (nSPS) is 11.3. The summed E-state index contributed by atoms with van der Waals surface area (Å²) in [6.45, 7) is 0. The summed E-state index contributed by atoms with van der Waals surface area (Å²) >= 11 is 3.09. The van der Waals surface area contributed by atoms with E-state index in [4.69, 9.17) is 5.73 Å². The molecule has 0 radical (unpaired) electrons. The van der Waals surface area contributed by atoms with Crippen molar-refractivity contribution in [3.63, 3.8) is 0 Å². The molecule has 19 heavy (non-hydrogen) atoms. The molecule has 0 saturated carbocycles. The minimum atomic E-state index is -3.93. The third kappa shape index (κ3) is 2.87. The van der Waals surface area contributed by atoms with Crippen LogP contribution in [-0.4, -0.2) is 8.42 Å². The van der Waals surface area contributed by atoms with Crippen molar-refractivity contribution < 1.29 is 12.8 Å². The van der Waals surface area contributed by atoms with E-state index in [1.165, 1.54) is 24.3 Å². The molecule has 0 aliphatic heterocycles. The molecule has 0 bridgehead atoms. The number of halogens is 2. The highest BCUT2D eigenvalue weighted by atomic mass is 79.9. The maximum absolute atomic E-state index is 13.6. The van der Waals surface area contributed by atoms with Crippen molar-refractivity contribution in [1.29, 1.82) is 0 Å². The number of nitrogens with one attached hydrogen (secondary N) is 1. The van der Waals surface area contributed by atoms with E-state index in [9.17, 15) is 12.8 Å². The summed E-state index contributed by atoms with van der Waals surface area (Å²) in [4.78, 5) is -0.0925. The molecule has 4 nitrogen and oxygen atoms in total. The lowest BCUT2D eigenvalue weighted by atomic mass is 10.3. The van der Waals surface area contributed by atoms with E-state index in [1.807, 2.05) is 0 Å². The van der Waals surface area contributed by atoms with Gasteiger partial charge < -0.3 is 5.73 Å². The minimum absolute atomic E-state index is 0.0925. The van der Waals surface area contributed by atoms with Gasteiger partial charge in [-0.25, -0.2) is 12.8 Å². The number of benzene rings is 2. The van der Waals surface area contributed by atoms with Crippen molar-refractivity contribution in [1.82, 2.24) is 0 Å². The van der Waals surface area contributed by atoms with E-state index in [2.05, 4.69) is 20.7 Å². The van der Waals surface area contributed by atoms with Crippen LogP contribution in [0.15, 0.2) is 51.8 Å². The van der Waals surface area contributed by atoms with Crippen LogP contribution in [0, 0.1) is 5.82 Å². The predicted molar refractivity (Wildman–Crippen MR) is 75.8 cm³/mol. The lowest BCUT2D eigenvalue weighted by Gasteiger charge is -2.11. The zero-order valence-corrected chi connectivity index (χ0v) is 12.0. The fraction of sp³-hybridized carbons (Fsp3) is 0. The van der Waals surface area contributed by atoms with Crippen LogP contribution in [0.2, 0.25) is 0 Å². The summed E-state index contributed by atoms with van der Waals surface area (Å²) in [5.41, 5.74) is 5.56. The van der Waals surface area contributed by atoms with Crippen LogP contribution in [0.5, 0.6) is 0 Å². The van der Waals surface area contributed by atoms with Gasteiger partial charge in [-0.1, -0.05) is 18.2 Å². The van der Waals surface area contributed by atoms with Crippen LogP contribution in [0.4, 0.5) is 15.8 Å². The van der Waals surface area contributed by atoms with E-state index >= 15 is 0 Å². The van der Waals surface area contributed by atoms with E-state index in [1.54, 1.807) is 12.1 Å². The highest BCUT2D eigenvalue weighted by molar-refractivity contribution is 9.10. The third-order valence-electron chi connectivity index (χ3n) is 2.41. The van der Waals surface area contributed by atoms with Crippen LogP contribution < -0.4 is 10.5 Å². The molecule has 0 heterocycles. The van der Waals surface area contributed by atoms with Crippen molar-refractivity contribution in [2.45, 2.75) is 4.90 Å². The lowest BCUT2D eigenvalue weighted by Crippen LogP contribution is -2.16. The first-order valence-corrected chi connectivity index (χ1v) is 7.51. The molecule has 3 N–H and O–H groups in total. The van der Waals surface area contributed by atoms with Gasteiger partial charge in [0.05, 0.1) is 11.4 Å². The monoisotopic (exact) mass is 344 g/mol. The summed E-state index contributed by atoms with van der Waals surface area (Å²) in [7, 11) is -3.93. The molecule has 0 unspecified atom stereocenters. The molecule has 0 aliphatic carbocycles. The Balaban J connectivity index is 2.46. The van der Waals surface area contributed by atoms with Crippen LogP contribution in [0.25, 0.3) is 0 Å². The van der Waals surface area contributed by atoms with Gasteiger partial charge >= 0.3 is 0 Å². The van der Waals surface area contributed by atoms with Crippen LogP contribution in [0.3, 0.4) is 0 Å². The second kappa shape index (κ2) is 5.18. The fourth-order valence-electron chi connectivity index (χ4n) is 1.51. The summed E-state index contributed by atoms with van der Waals surface area (Å²) in [6, 6.07) is 10.1. The highest BCUT2D eigenvalue weighted by Crippen LogP contribution is 2.28. The lowest BCUT2D eigenvalue weighted by molar-refractivity contribution is 0.598. The van der Waals surface area contributed by atoms with Gasteiger partial charge in [-0.2, -0.15) is 0 Å². The fourth-order valence-corrected chi connectivity index (χ4v) is 3.30. The Labute approximate surface area is 118 Å². The van der Waals surface area contributed by atoms with Gasteiger partial charge in [-0.15, -0.1) is 0 Å². The molecular formula is C12H10BrFN2O2S. The zero-order chi connectivity index (χ0) is 14.0. The summed E-state index contributed by atoms with van der Waals surface area (Å²) in [6.07, 6.45) is 0. The Morgan fingerprint density at radius 3 is 2.42 bits per heavy atom. The maximum atomic E-state index is 13.6. The van der Waals surface area contributed by atoms with Crippen LogP contribution >= 0.6 is 15.9 Å². The number of para-hydroxylation sites is 2. The SMILES string of the molecule is Nc1ccccc1S(=O)(=O)Nc1c(F)cccc1Br. The molecule has 0 atom stereocenters. The zero-order valence-electron chi connectivity index (χ0n) is 9.60. The molecular weight excluding hydrogens is 335 g/mol. The first kappa shape index (κ1) is 13.8. The Morgan fingerprint density at radius 2 is 1.79 bits per heavy atom. The molecule has 0 saturated heterocycles. The van der Waals surface area contributed by atoms with Crippen molar-refractivity contribution in [2.75, 3.05) is 10.5 Å². The van der Waals surface area contributed by atoms with Gasteiger partial charge in [0, 0.05) is 4.47 Å². The molecule has 2 rings (SSSR count). The Bertz CT molecular complexity index is 699. The summed E-state index contributed by atoms with van der Waals surface area (Å²) in [5.74, 6) is -0.674. The van der Waals surface area contributed by atoms with Gasteiger partial charge in [0.1, 0.15) is 10.7 Å². The predicted octanol–water partition coefficient (Wildman–Crippen LogP) is 2.97. The number of anilines is 2. The Kier molecular flexibility index (Phi) is 3.77. The molecule has 7 heteroatoms. The van der Waals surface area contributed by atoms with E-state index in [-0.39, 0.29) is 16.3 Å². The van der Waals surface area contributed by atoms with Gasteiger partial charge in [-0.3, -0.25) is 4.72 Å². The van der Waals surface area contributed by atoms with Gasteiger partial charge in [-0.05, 0) is 40.2 Å². The number of rotatable bonds is 3. The first-order valence-electron chi connectivity index (χ1n) is 5.23. The number of hydrogen-bond donors (Lipinski definition) is 2. The second-order valence-corrected chi connectivity index (χ2v) is 6.25. The Morgan fingerprint density at radius 1 is 1.11 bits per heavy atom. The standard InChI is InChI=1S/C12H10BrFN2O2S/c13-8-4-3-5-9(14)12(8)16-19(17,18)11-7-2-1-6-10(11)15/h1-7,16H,15H2. The van der Waals surface area contributed by atoms with Crippen molar-refractivity contribution in [3.8, 4) is 0 Å². The number of nitrogen functional groups attached to an aromatic ring is 1. The number of hydrogen-bond acceptors (Lipinski definition) is 3. The summed E-state index contributed by atoms with van der Waals surface area (Å²) < 4.78 is 40.4. The summed E-state index contributed by atoms with van der Waals surface area (Å²) in [5, 5.41) is 0. The molecule has 100 valence electrons. The maximum Gasteiger partial charge on any atom is 0.264 e. The highest BCUT2D eigenvalue weighted by Gasteiger charge is 2.20. The molecule has 0 spiro atoms. The average molecular weight is 345 g/mol. The largest absolute Gasteiger partial charge is 0.398 e. The molecule has 2 aromatic rings. The first-order chi connectivity index (χ1) is 8.92. The second-order valence-electron chi connectivity index (χ2n) is 3.74. The van der Waals surface area contributed by atoms with Gasteiger partial charge in [0.15, 0.2) is 0 Å². The van der Waals surface area contributed by atoms with Crippen LogP contribution in [-0.2, 0) is 10.0 Å². The van der Waals surface area contributed by atoms with Crippen molar-refractivity contribution in [3.05, 3.63) is 52.8 Å². The molecule has 2 aromatic carbocycles. The quantitative estimate of drug-likeness (QED) is 0.840.